The zero-order valence-electron chi connectivity index (χ0n) is 10.1. The monoisotopic (exact) mass is 238 g/mol. The Morgan fingerprint density at radius 2 is 1.76 bits per heavy atom. The van der Waals surface area contributed by atoms with Crippen molar-refractivity contribution in [1.29, 1.82) is 0 Å². The normalized spacial score (nSPS) is 12.9. The van der Waals surface area contributed by atoms with E-state index < -0.39 is 23.3 Å². The number of carbonyl (C=O) groups excluding carboxylic acids is 2. The minimum Gasteiger partial charge on any atom is -0.426 e. The second-order valence-electron chi connectivity index (χ2n) is 4.45. The number of hydrogen-bond acceptors (Lipinski definition) is 3. The lowest BCUT2D eigenvalue weighted by molar-refractivity contribution is -0.153. The van der Waals surface area contributed by atoms with E-state index in [9.17, 15) is 14.0 Å². The molecule has 0 heterocycles. The second-order valence-corrected chi connectivity index (χ2v) is 4.45. The molecule has 0 radical (unpaired) electrons. The minimum atomic E-state index is -1.51. The summed E-state index contributed by atoms with van der Waals surface area (Å²) in [5.74, 6) is -1.27. The third-order valence-electron chi connectivity index (χ3n) is 2.90. The molecule has 0 aliphatic rings. The molecule has 1 aromatic rings. The Bertz CT molecular complexity index is 412. The fraction of sp³-hybridized carbons (Fsp3) is 0.385. The second kappa shape index (κ2) is 5.08. The lowest BCUT2D eigenvalue weighted by atomic mass is 9.80. The Balaban J connectivity index is 2.80. The lowest BCUT2D eigenvalue weighted by Crippen LogP contribution is -2.37. The van der Waals surface area contributed by atoms with Gasteiger partial charge in [0.1, 0.15) is 5.75 Å². The SMILES string of the molecule is CC(C(=O)F)C(C)(C)C(=O)Oc1ccccc1. The van der Waals surface area contributed by atoms with Gasteiger partial charge in [-0.25, -0.2) is 0 Å². The van der Waals surface area contributed by atoms with Crippen molar-refractivity contribution in [3.63, 3.8) is 0 Å². The number of para-hydroxylation sites is 1. The van der Waals surface area contributed by atoms with Crippen molar-refractivity contribution in [2.45, 2.75) is 20.8 Å². The van der Waals surface area contributed by atoms with Gasteiger partial charge in [-0.05, 0) is 26.0 Å². The molecule has 0 N–H and O–H groups in total. The summed E-state index contributed by atoms with van der Waals surface area (Å²) in [5.41, 5.74) is -1.19. The summed E-state index contributed by atoms with van der Waals surface area (Å²) in [6.45, 7) is 4.34. The van der Waals surface area contributed by atoms with Gasteiger partial charge in [0.2, 0.25) is 0 Å². The van der Waals surface area contributed by atoms with E-state index in [-0.39, 0.29) is 0 Å². The van der Waals surface area contributed by atoms with Gasteiger partial charge in [-0.3, -0.25) is 9.59 Å². The third-order valence-corrected chi connectivity index (χ3v) is 2.90. The molecule has 1 rings (SSSR count). The van der Waals surface area contributed by atoms with Crippen LogP contribution in [0.4, 0.5) is 4.39 Å². The van der Waals surface area contributed by atoms with E-state index in [4.69, 9.17) is 4.74 Å². The molecule has 1 atom stereocenters. The quantitative estimate of drug-likeness (QED) is 0.460. The number of rotatable bonds is 4. The first-order valence-corrected chi connectivity index (χ1v) is 5.32. The van der Waals surface area contributed by atoms with Crippen LogP contribution in [0.3, 0.4) is 0 Å². The van der Waals surface area contributed by atoms with Crippen LogP contribution in [0.25, 0.3) is 0 Å². The number of benzene rings is 1. The van der Waals surface area contributed by atoms with Crippen molar-refractivity contribution in [3.8, 4) is 5.75 Å². The van der Waals surface area contributed by atoms with Crippen LogP contribution in [0.5, 0.6) is 5.75 Å². The van der Waals surface area contributed by atoms with Crippen molar-refractivity contribution < 1.29 is 18.7 Å². The molecule has 0 aliphatic carbocycles. The predicted octanol–water partition coefficient (Wildman–Crippen LogP) is 2.75. The van der Waals surface area contributed by atoms with Gasteiger partial charge < -0.3 is 4.74 Å². The highest BCUT2D eigenvalue weighted by Gasteiger charge is 2.40. The van der Waals surface area contributed by atoms with Crippen molar-refractivity contribution in [2.75, 3.05) is 0 Å². The minimum absolute atomic E-state index is 0.379. The maximum absolute atomic E-state index is 12.6. The van der Waals surface area contributed by atoms with Crippen molar-refractivity contribution >= 4 is 12.0 Å². The zero-order valence-corrected chi connectivity index (χ0v) is 10.1. The van der Waals surface area contributed by atoms with Crippen LogP contribution in [-0.2, 0) is 9.59 Å². The van der Waals surface area contributed by atoms with E-state index in [2.05, 4.69) is 0 Å². The van der Waals surface area contributed by atoms with E-state index in [1.54, 1.807) is 30.3 Å². The van der Waals surface area contributed by atoms with Crippen LogP contribution in [0, 0.1) is 11.3 Å². The number of ether oxygens (including phenoxy) is 1. The number of hydrogen-bond donors (Lipinski definition) is 0. The Kier molecular flexibility index (Phi) is 3.99. The first-order chi connectivity index (χ1) is 7.85. The molecule has 0 spiro atoms. The van der Waals surface area contributed by atoms with E-state index >= 15 is 0 Å². The van der Waals surface area contributed by atoms with Gasteiger partial charge >= 0.3 is 12.0 Å². The molecule has 0 aromatic heterocycles. The maximum Gasteiger partial charge on any atom is 0.317 e. The summed E-state index contributed by atoms with van der Waals surface area (Å²) in [5, 5.41) is 0. The lowest BCUT2D eigenvalue weighted by Gasteiger charge is -2.25. The molecule has 92 valence electrons. The molecular weight excluding hydrogens is 223 g/mol. The Morgan fingerprint density at radius 3 is 2.24 bits per heavy atom. The highest BCUT2D eigenvalue weighted by Crippen LogP contribution is 2.30. The summed E-state index contributed by atoms with van der Waals surface area (Å²) in [4.78, 5) is 22.5. The van der Waals surface area contributed by atoms with Gasteiger partial charge in [0.25, 0.3) is 0 Å². The van der Waals surface area contributed by atoms with Gasteiger partial charge in [-0.1, -0.05) is 25.1 Å². The van der Waals surface area contributed by atoms with Crippen LogP contribution in [0.1, 0.15) is 20.8 Å². The van der Waals surface area contributed by atoms with Gasteiger partial charge in [0.05, 0.1) is 11.3 Å². The molecule has 0 saturated heterocycles. The fourth-order valence-electron chi connectivity index (χ4n) is 1.19. The van der Waals surface area contributed by atoms with E-state index in [1.165, 1.54) is 20.8 Å². The summed E-state index contributed by atoms with van der Waals surface area (Å²) >= 11 is 0. The largest absolute Gasteiger partial charge is 0.426 e. The Labute approximate surface area is 99.6 Å². The summed E-state index contributed by atoms with van der Waals surface area (Å²) in [6.07, 6.45) is 0. The highest BCUT2D eigenvalue weighted by molar-refractivity contribution is 5.85. The van der Waals surface area contributed by atoms with Gasteiger partial charge in [-0.15, -0.1) is 0 Å². The molecule has 0 amide bonds. The van der Waals surface area contributed by atoms with Gasteiger partial charge in [-0.2, -0.15) is 4.39 Å². The average molecular weight is 238 g/mol. The first-order valence-electron chi connectivity index (χ1n) is 5.32. The van der Waals surface area contributed by atoms with Crippen molar-refractivity contribution in [2.24, 2.45) is 11.3 Å². The van der Waals surface area contributed by atoms with E-state index in [0.29, 0.717) is 5.75 Å². The summed E-state index contributed by atoms with van der Waals surface area (Å²) in [6, 6.07) is 6.96. The van der Waals surface area contributed by atoms with E-state index in [0.717, 1.165) is 0 Å². The molecule has 1 unspecified atom stereocenters. The number of esters is 1. The maximum atomic E-state index is 12.6. The number of halogens is 1. The topological polar surface area (TPSA) is 43.4 Å². The molecule has 0 bridgehead atoms. The van der Waals surface area contributed by atoms with E-state index in [1.807, 2.05) is 0 Å². The van der Waals surface area contributed by atoms with Gasteiger partial charge in [0, 0.05) is 0 Å². The summed E-state index contributed by atoms with van der Waals surface area (Å²) < 4.78 is 17.7. The Hall–Kier alpha value is -1.71. The summed E-state index contributed by atoms with van der Waals surface area (Å²) in [7, 11) is 0. The van der Waals surface area contributed by atoms with Crippen molar-refractivity contribution in [1.82, 2.24) is 0 Å². The van der Waals surface area contributed by atoms with Crippen LogP contribution >= 0.6 is 0 Å². The Morgan fingerprint density at radius 1 is 1.24 bits per heavy atom. The smallest absolute Gasteiger partial charge is 0.317 e. The van der Waals surface area contributed by atoms with Crippen LogP contribution < -0.4 is 4.74 Å². The van der Waals surface area contributed by atoms with Crippen molar-refractivity contribution in [3.05, 3.63) is 30.3 Å². The standard InChI is InChI=1S/C13H15FO3/c1-9(11(14)15)13(2,3)12(16)17-10-7-5-4-6-8-10/h4-9H,1-3H3. The molecule has 0 saturated carbocycles. The molecule has 3 nitrogen and oxygen atoms in total. The molecule has 0 fully saturated rings. The first kappa shape index (κ1) is 13.4. The van der Waals surface area contributed by atoms with Crippen LogP contribution in [-0.4, -0.2) is 12.0 Å². The predicted molar refractivity (Wildman–Crippen MR) is 61.1 cm³/mol. The molecular formula is C13H15FO3. The average Bonchev–Trinajstić information content (AvgIpc) is 2.29. The molecule has 0 aliphatic heterocycles. The molecule has 1 aromatic carbocycles. The zero-order chi connectivity index (χ0) is 13.1. The molecule has 17 heavy (non-hydrogen) atoms. The number of carbonyl (C=O) groups is 2. The highest BCUT2D eigenvalue weighted by atomic mass is 19.1. The third kappa shape index (κ3) is 3.12. The van der Waals surface area contributed by atoms with Crippen LogP contribution in [0.2, 0.25) is 0 Å². The molecule has 4 heteroatoms. The van der Waals surface area contributed by atoms with Crippen LogP contribution in [0.15, 0.2) is 30.3 Å². The fourth-order valence-corrected chi connectivity index (χ4v) is 1.19. The van der Waals surface area contributed by atoms with Gasteiger partial charge in [0.15, 0.2) is 0 Å².